The van der Waals surface area contributed by atoms with Gasteiger partial charge in [0.2, 0.25) is 5.91 Å². The highest BCUT2D eigenvalue weighted by molar-refractivity contribution is 5.94. The van der Waals surface area contributed by atoms with E-state index in [9.17, 15) is 9.59 Å². The third kappa shape index (κ3) is 5.48. The maximum Gasteiger partial charge on any atom is 0.319 e. The van der Waals surface area contributed by atoms with Crippen LogP contribution in [0.4, 0.5) is 16.2 Å². The van der Waals surface area contributed by atoms with Crippen molar-refractivity contribution in [3.63, 3.8) is 0 Å². The second-order valence-corrected chi connectivity index (χ2v) is 7.80. The molecule has 1 atom stereocenters. The summed E-state index contributed by atoms with van der Waals surface area (Å²) in [6.07, 6.45) is 0. The predicted molar refractivity (Wildman–Crippen MR) is 124 cm³/mol. The molecule has 2 aromatic carbocycles. The van der Waals surface area contributed by atoms with Crippen molar-refractivity contribution in [3.05, 3.63) is 53.6 Å². The lowest BCUT2D eigenvalue weighted by molar-refractivity contribution is -0.133. The SMILES string of the molecule is CCOc1ccccc1N1CCN(C(=O)C(C)NC(=O)Nc2c(C)cccc2C)CC1. The molecule has 3 rings (SSSR count). The van der Waals surface area contributed by atoms with Gasteiger partial charge in [-0.1, -0.05) is 30.3 Å². The van der Waals surface area contributed by atoms with Crippen LogP contribution in [0.2, 0.25) is 0 Å². The van der Waals surface area contributed by atoms with E-state index in [4.69, 9.17) is 4.74 Å². The Hall–Kier alpha value is -3.22. The predicted octanol–water partition coefficient (Wildman–Crippen LogP) is 3.56. The van der Waals surface area contributed by atoms with E-state index < -0.39 is 6.04 Å². The number of amides is 3. The molecule has 2 N–H and O–H groups in total. The van der Waals surface area contributed by atoms with Crippen molar-refractivity contribution in [3.8, 4) is 5.75 Å². The zero-order valence-corrected chi connectivity index (χ0v) is 18.8. The number of nitrogens with zero attached hydrogens (tertiary/aromatic N) is 2. The van der Waals surface area contributed by atoms with Gasteiger partial charge in [0.15, 0.2) is 0 Å². The summed E-state index contributed by atoms with van der Waals surface area (Å²) in [5.41, 5.74) is 3.80. The van der Waals surface area contributed by atoms with Gasteiger partial charge in [0.05, 0.1) is 12.3 Å². The molecule has 7 heteroatoms. The van der Waals surface area contributed by atoms with E-state index in [1.165, 1.54) is 0 Å². The second kappa shape index (κ2) is 10.2. The molecule has 1 heterocycles. The zero-order valence-electron chi connectivity index (χ0n) is 18.8. The highest BCUT2D eigenvalue weighted by Gasteiger charge is 2.27. The van der Waals surface area contributed by atoms with Crippen molar-refractivity contribution in [2.45, 2.75) is 33.7 Å². The molecule has 1 aliphatic rings. The first kappa shape index (κ1) is 22.5. The van der Waals surface area contributed by atoms with E-state index in [2.05, 4.69) is 15.5 Å². The molecule has 0 radical (unpaired) electrons. The van der Waals surface area contributed by atoms with Crippen LogP contribution in [0, 0.1) is 13.8 Å². The number of hydrogen-bond donors (Lipinski definition) is 2. The highest BCUT2D eigenvalue weighted by atomic mass is 16.5. The average molecular weight is 425 g/mol. The van der Waals surface area contributed by atoms with Crippen LogP contribution in [0.25, 0.3) is 0 Å². The molecule has 1 unspecified atom stereocenters. The van der Waals surface area contributed by atoms with Crippen LogP contribution in [0.5, 0.6) is 5.75 Å². The molecule has 31 heavy (non-hydrogen) atoms. The van der Waals surface area contributed by atoms with Gasteiger partial charge in [-0.25, -0.2) is 4.79 Å². The lowest BCUT2D eigenvalue weighted by Crippen LogP contribution is -2.54. The van der Waals surface area contributed by atoms with E-state index in [0.717, 1.165) is 41.3 Å². The van der Waals surface area contributed by atoms with Crippen LogP contribution in [-0.4, -0.2) is 55.7 Å². The number of hydrogen-bond acceptors (Lipinski definition) is 4. The monoisotopic (exact) mass is 424 g/mol. The summed E-state index contributed by atoms with van der Waals surface area (Å²) in [5.74, 6) is 0.789. The van der Waals surface area contributed by atoms with Crippen LogP contribution < -0.4 is 20.3 Å². The fraction of sp³-hybridized carbons (Fsp3) is 0.417. The number of rotatable bonds is 6. The van der Waals surface area contributed by atoms with Crippen LogP contribution >= 0.6 is 0 Å². The maximum atomic E-state index is 12.9. The van der Waals surface area contributed by atoms with Gasteiger partial charge in [-0.2, -0.15) is 0 Å². The maximum absolute atomic E-state index is 12.9. The zero-order chi connectivity index (χ0) is 22.4. The number of anilines is 2. The van der Waals surface area contributed by atoms with Crippen molar-refractivity contribution in [2.75, 3.05) is 43.0 Å². The first-order valence-corrected chi connectivity index (χ1v) is 10.8. The molecule has 3 amide bonds. The summed E-state index contributed by atoms with van der Waals surface area (Å²) in [5, 5.41) is 5.64. The lowest BCUT2D eigenvalue weighted by Gasteiger charge is -2.37. The number of carbonyl (C=O) groups is 2. The first-order chi connectivity index (χ1) is 14.9. The van der Waals surface area contributed by atoms with Crippen molar-refractivity contribution in [1.29, 1.82) is 0 Å². The van der Waals surface area contributed by atoms with Gasteiger partial charge in [0.1, 0.15) is 11.8 Å². The average Bonchev–Trinajstić information content (AvgIpc) is 2.76. The van der Waals surface area contributed by atoms with Gasteiger partial charge >= 0.3 is 6.03 Å². The number of urea groups is 1. The van der Waals surface area contributed by atoms with Crippen LogP contribution in [0.1, 0.15) is 25.0 Å². The van der Waals surface area contributed by atoms with Gasteiger partial charge in [-0.05, 0) is 51.0 Å². The van der Waals surface area contributed by atoms with Gasteiger partial charge in [-0.3, -0.25) is 4.79 Å². The molecule has 0 aliphatic carbocycles. The minimum absolute atomic E-state index is 0.0746. The number of nitrogens with one attached hydrogen (secondary N) is 2. The molecule has 7 nitrogen and oxygen atoms in total. The minimum Gasteiger partial charge on any atom is -0.492 e. The number of piperazine rings is 1. The van der Waals surface area contributed by atoms with E-state index in [1.54, 1.807) is 6.92 Å². The van der Waals surface area contributed by atoms with E-state index >= 15 is 0 Å². The van der Waals surface area contributed by atoms with E-state index in [0.29, 0.717) is 19.7 Å². The second-order valence-electron chi connectivity index (χ2n) is 7.80. The van der Waals surface area contributed by atoms with Gasteiger partial charge < -0.3 is 25.2 Å². The molecular weight excluding hydrogens is 392 g/mol. The summed E-state index contributed by atoms with van der Waals surface area (Å²) in [4.78, 5) is 29.4. The fourth-order valence-corrected chi connectivity index (χ4v) is 3.86. The van der Waals surface area contributed by atoms with Crippen molar-refractivity contribution in [2.24, 2.45) is 0 Å². The Morgan fingerprint density at radius 3 is 2.29 bits per heavy atom. The Kier molecular flexibility index (Phi) is 7.39. The Balaban J connectivity index is 1.54. The van der Waals surface area contributed by atoms with E-state index in [-0.39, 0.29) is 11.9 Å². The van der Waals surface area contributed by atoms with E-state index in [1.807, 2.05) is 68.1 Å². The van der Waals surface area contributed by atoms with Gasteiger partial charge in [-0.15, -0.1) is 0 Å². The number of carbonyl (C=O) groups excluding carboxylic acids is 2. The van der Waals surface area contributed by atoms with Crippen LogP contribution in [0.3, 0.4) is 0 Å². The molecule has 2 aromatic rings. The summed E-state index contributed by atoms with van der Waals surface area (Å²) < 4.78 is 5.74. The Morgan fingerprint density at radius 1 is 1.00 bits per heavy atom. The molecule has 1 saturated heterocycles. The Labute approximate surface area is 184 Å². The number of para-hydroxylation sites is 3. The molecule has 166 valence electrons. The lowest BCUT2D eigenvalue weighted by atomic mass is 10.1. The quantitative estimate of drug-likeness (QED) is 0.744. The number of ether oxygens (including phenoxy) is 1. The summed E-state index contributed by atoms with van der Waals surface area (Å²) in [7, 11) is 0. The summed E-state index contributed by atoms with van der Waals surface area (Å²) in [6.45, 7) is 10.8. The highest BCUT2D eigenvalue weighted by Crippen LogP contribution is 2.28. The Morgan fingerprint density at radius 2 is 1.65 bits per heavy atom. The fourth-order valence-electron chi connectivity index (χ4n) is 3.86. The molecule has 0 aromatic heterocycles. The largest absolute Gasteiger partial charge is 0.492 e. The Bertz CT molecular complexity index is 903. The summed E-state index contributed by atoms with van der Waals surface area (Å²) >= 11 is 0. The van der Waals surface area contributed by atoms with Crippen LogP contribution in [-0.2, 0) is 4.79 Å². The van der Waals surface area contributed by atoms with Crippen molar-refractivity contribution < 1.29 is 14.3 Å². The smallest absolute Gasteiger partial charge is 0.319 e. The van der Waals surface area contributed by atoms with Gasteiger partial charge in [0.25, 0.3) is 0 Å². The molecular formula is C24H32N4O3. The number of aryl methyl sites for hydroxylation is 2. The third-order valence-corrected chi connectivity index (χ3v) is 5.53. The molecule has 1 fully saturated rings. The van der Waals surface area contributed by atoms with Crippen LogP contribution in [0.15, 0.2) is 42.5 Å². The van der Waals surface area contributed by atoms with Crippen molar-refractivity contribution >= 4 is 23.3 Å². The third-order valence-electron chi connectivity index (χ3n) is 5.53. The molecule has 0 saturated carbocycles. The normalized spacial score (nSPS) is 14.7. The molecule has 1 aliphatic heterocycles. The molecule has 0 bridgehead atoms. The summed E-state index contributed by atoms with van der Waals surface area (Å²) in [6, 6.07) is 12.8. The molecule has 0 spiro atoms. The standard InChI is InChI=1S/C24H32N4O3/c1-5-31-21-12-7-6-11-20(21)27-13-15-28(16-14-27)23(29)19(4)25-24(30)26-22-17(2)9-8-10-18(22)3/h6-12,19H,5,13-16H2,1-4H3,(H2,25,26,30). The topological polar surface area (TPSA) is 73.9 Å². The van der Waals surface area contributed by atoms with Gasteiger partial charge in [0, 0.05) is 31.9 Å². The van der Waals surface area contributed by atoms with Crippen molar-refractivity contribution in [1.82, 2.24) is 10.2 Å². The first-order valence-electron chi connectivity index (χ1n) is 10.8. The number of benzene rings is 2. The minimum atomic E-state index is -0.605.